The van der Waals surface area contributed by atoms with Crippen LogP contribution in [-0.2, 0) is 0 Å². The van der Waals surface area contributed by atoms with Gasteiger partial charge < -0.3 is 10.1 Å². The van der Waals surface area contributed by atoms with Crippen molar-refractivity contribution in [1.29, 1.82) is 0 Å². The molecule has 0 fully saturated rings. The first-order valence-corrected chi connectivity index (χ1v) is 5.11. The minimum Gasteiger partial charge on any atom is -0.489 e. The fraction of sp³-hybridized carbons (Fsp3) is 0.333. The largest absolute Gasteiger partial charge is 0.489 e. The highest BCUT2D eigenvalue weighted by molar-refractivity contribution is 5.85. The molecule has 1 aromatic carbocycles. The van der Waals surface area contributed by atoms with Crippen LogP contribution >= 0.6 is 12.4 Å². The van der Waals surface area contributed by atoms with E-state index in [1.54, 1.807) is 12.1 Å². The molecule has 0 saturated carbocycles. The summed E-state index contributed by atoms with van der Waals surface area (Å²) in [6.07, 6.45) is 3.25. The molecule has 0 aromatic heterocycles. The average Bonchev–Trinajstić information content (AvgIpc) is 2.30. The van der Waals surface area contributed by atoms with Crippen LogP contribution in [0.3, 0.4) is 0 Å². The summed E-state index contributed by atoms with van der Waals surface area (Å²) >= 11 is 0. The zero-order valence-electron chi connectivity index (χ0n) is 8.91. The van der Waals surface area contributed by atoms with Gasteiger partial charge in [-0.05, 0) is 42.8 Å². The SMILES string of the molecule is Cl.Fc1ccc(OCC2=CCCNC2)cc1. The number of hydrogen-bond acceptors (Lipinski definition) is 2. The fourth-order valence-corrected chi connectivity index (χ4v) is 1.52. The predicted octanol–water partition coefficient (Wildman–Crippen LogP) is 2.55. The van der Waals surface area contributed by atoms with Gasteiger partial charge in [0.2, 0.25) is 0 Å². The second-order valence-corrected chi connectivity index (χ2v) is 3.57. The summed E-state index contributed by atoms with van der Waals surface area (Å²) in [7, 11) is 0. The van der Waals surface area contributed by atoms with Gasteiger partial charge in [0.05, 0.1) is 0 Å². The monoisotopic (exact) mass is 243 g/mol. The van der Waals surface area contributed by atoms with Crippen LogP contribution in [-0.4, -0.2) is 19.7 Å². The summed E-state index contributed by atoms with van der Waals surface area (Å²) in [5.41, 5.74) is 1.26. The van der Waals surface area contributed by atoms with E-state index < -0.39 is 0 Å². The normalized spacial score (nSPS) is 14.9. The minimum absolute atomic E-state index is 0. The summed E-state index contributed by atoms with van der Waals surface area (Å²) in [6, 6.07) is 6.10. The van der Waals surface area contributed by atoms with Gasteiger partial charge in [-0.1, -0.05) is 6.08 Å². The third-order valence-electron chi connectivity index (χ3n) is 2.34. The van der Waals surface area contributed by atoms with E-state index in [0.717, 1.165) is 19.5 Å². The van der Waals surface area contributed by atoms with Gasteiger partial charge in [-0.3, -0.25) is 0 Å². The van der Waals surface area contributed by atoms with Gasteiger partial charge in [-0.2, -0.15) is 0 Å². The van der Waals surface area contributed by atoms with Crippen LogP contribution in [0.2, 0.25) is 0 Å². The second-order valence-electron chi connectivity index (χ2n) is 3.57. The molecule has 4 heteroatoms. The standard InChI is InChI=1S/C12H14FNO.ClH/c13-11-3-5-12(6-4-11)15-9-10-2-1-7-14-8-10;/h2-6,14H,1,7-9H2;1H. The number of nitrogens with one attached hydrogen (secondary N) is 1. The smallest absolute Gasteiger partial charge is 0.123 e. The molecule has 2 nitrogen and oxygen atoms in total. The number of hydrogen-bond donors (Lipinski definition) is 1. The Morgan fingerprint density at radius 2 is 2.00 bits per heavy atom. The molecule has 0 atom stereocenters. The van der Waals surface area contributed by atoms with E-state index in [1.807, 2.05) is 0 Å². The van der Waals surface area contributed by atoms with Crippen LogP contribution in [0.25, 0.3) is 0 Å². The lowest BCUT2D eigenvalue weighted by Crippen LogP contribution is -2.24. The average molecular weight is 244 g/mol. The molecule has 1 N–H and O–H groups in total. The van der Waals surface area contributed by atoms with Crippen molar-refractivity contribution in [3.63, 3.8) is 0 Å². The maximum Gasteiger partial charge on any atom is 0.123 e. The van der Waals surface area contributed by atoms with E-state index in [0.29, 0.717) is 12.4 Å². The Kier molecular flexibility index (Phi) is 5.29. The first-order valence-electron chi connectivity index (χ1n) is 5.11. The molecule has 0 spiro atoms. The molecule has 1 aromatic rings. The topological polar surface area (TPSA) is 21.3 Å². The van der Waals surface area contributed by atoms with Crippen molar-refractivity contribution in [3.05, 3.63) is 41.7 Å². The van der Waals surface area contributed by atoms with Crippen molar-refractivity contribution in [3.8, 4) is 5.75 Å². The number of halogens is 2. The van der Waals surface area contributed by atoms with E-state index in [-0.39, 0.29) is 18.2 Å². The molecular weight excluding hydrogens is 229 g/mol. The summed E-state index contributed by atoms with van der Waals surface area (Å²) in [4.78, 5) is 0. The molecule has 1 heterocycles. The quantitative estimate of drug-likeness (QED) is 0.824. The molecule has 2 rings (SSSR count). The van der Waals surface area contributed by atoms with Gasteiger partial charge in [0.15, 0.2) is 0 Å². The van der Waals surface area contributed by atoms with Crippen LogP contribution in [0.4, 0.5) is 4.39 Å². The first kappa shape index (κ1) is 13.0. The van der Waals surface area contributed by atoms with E-state index in [2.05, 4.69) is 11.4 Å². The van der Waals surface area contributed by atoms with Crippen molar-refractivity contribution in [2.45, 2.75) is 6.42 Å². The van der Waals surface area contributed by atoms with Crippen LogP contribution in [0, 0.1) is 5.82 Å². The number of benzene rings is 1. The van der Waals surface area contributed by atoms with Gasteiger partial charge in [-0.15, -0.1) is 12.4 Å². The first-order chi connectivity index (χ1) is 7.34. The molecular formula is C12H15ClFNO. The highest BCUT2D eigenvalue weighted by atomic mass is 35.5. The van der Waals surface area contributed by atoms with Crippen LogP contribution in [0.1, 0.15) is 6.42 Å². The molecule has 0 bridgehead atoms. The summed E-state index contributed by atoms with van der Waals surface area (Å²) in [6.45, 7) is 2.51. The lowest BCUT2D eigenvalue weighted by molar-refractivity contribution is 0.344. The Morgan fingerprint density at radius 3 is 2.62 bits per heavy atom. The molecule has 1 aliphatic rings. The van der Waals surface area contributed by atoms with Gasteiger partial charge in [0.25, 0.3) is 0 Å². The zero-order valence-corrected chi connectivity index (χ0v) is 9.73. The highest BCUT2D eigenvalue weighted by Crippen LogP contribution is 2.12. The predicted molar refractivity (Wildman–Crippen MR) is 64.7 cm³/mol. The lowest BCUT2D eigenvalue weighted by atomic mass is 10.2. The van der Waals surface area contributed by atoms with E-state index in [9.17, 15) is 4.39 Å². The van der Waals surface area contributed by atoms with Gasteiger partial charge in [0.1, 0.15) is 18.2 Å². The molecule has 88 valence electrons. The van der Waals surface area contributed by atoms with Gasteiger partial charge in [0, 0.05) is 6.54 Å². The number of ether oxygens (including phenoxy) is 1. The Morgan fingerprint density at radius 1 is 1.25 bits per heavy atom. The maximum atomic E-state index is 12.6. The molecule has 0 radical (unpaired) electrons. The third-order valence-corrected chi connectivity index (χ3v) is 2.34. The zero-order chi connectivity index (χ0) is 10.5. The third kappa shape index (κ3) is 3.83. The summed E-state index contributed by atoms with van der Waals surface area (Å²) in [5, 5.41) is 3.27. The minimum atomic E-state index is -0.235. The lowest BCUT2D eigenvalue weighted by Gasteiger charge is -2.14. The molecule has 1 aliphatic heterocycles. The fourth-order valence-electron chi connectivity index (χ4n) is 1.52. The van der Waals surface area contributed by atoms with Crippen molar-refractivity contribution < 1.29 is 9.13 Å². The van der Waals surface area contributed by atoms with Crippen molar-refractivity contribution in [2.24, 2.45) is 0 Å². The molecule has 16 heavy (non-hydrogen) atoms. The Bertz CT molecular complexity index is 351. The number of rotatable bonds is 3. The van der Waals surface area contributed by atoms with Crippen molar-refractivity contribution >= 4 is 12.4 Å². The molecule has 0 amide bonds. The Balaban J connectivity index is 0.00000128. The van der Waals surface area contributed by atoms with E-state index in [1.165, 1.54) is 17.7 Å². The van der Waals surface area contributed by atoms with Gasteiger partial charge in [-0.25, -0.2) is 4.39 Å². The molecule has 0 unspecified atom stereocenters. The second kappa shape index (κ2) is 6.51. The molecule has 0 saturated heterocycles. The Hall–Kier alpha value is -1.06. The van der Waals surface area contributed by atoms with Crippen molar-refractivity contribution in [1.82, 2.24) is 5.32 Å². The Labute approximate surface area is 101 Å². The van der Waals surface area contributed by atoms with Crippen LogP contribution < -0.4 is 10.1 Å². The van der Waals surface area contributed by atoms with Crippen molar-refractivity contribution in [2.75, 3.05) is 19.7 Å². The van der Waals surface area contributed by atoms with Crippen LogP contribution in [0.15, 0.2) is 35.9 Å². The maximum absolute atomic E-state index is 12.6. The van der Waals surface area contributed by atoms with Crippen LogP contribution in [0.5, 0.6) is 5.75 Å². The van der Waals surface area contributed by atoms with E-state index >= 15 is 0 Å². The van der Waals surface area contributed by atoms with Gasteiger partial charge >= 0.3 is 0 Å². The summed E-state index contributed by atoms with van der Waals surface area (Å²) < 4.78 is 18.1. The highest BCUT2D eigenvalue weighted by Gasteiger charge is 2.03. The molecule has 0 aliphatic carbocycles. The summed E-state index contributed by atoms with van der Waals surface area (Å²) in [5.74, 6) is 0.476. The van der Waals surface area contributed by atoms with E-state index in [4.69, 9.17) is 4.74 Å².